The lowest BCUT2D eigenvalue weighted by Crippen LogP contribution is -2.23. The van der Waals surface area contributed by atoms with Crippen LogP contribution in [0, 0.1) is 0 Å². The Morgan fingerprint density at radius 2 is 2.25 bits per heavy atom. The number of thioether (sulfide) groups is 1. The van der Waals surface area contributed by atoms with Gasteiger partial charge in [-0.05, 0) is 24.7 Å². The van der Waals surface area contributed by atoms with Crippen LogP contribution in [0.25, 0.3) is 0 Å². The number of nitrogens with two attached hydrogens (primary N) is 1. The second kappa shape index (κ2) is 6.13. The van der Waals surface area contributed by atoms with Crippen LogP contribution in [-0.2, 0) is 11.4 Å². The fraction of sp³-hybridized carbons (Fsp3) is 0.500. The number of hydrogen-bond donors (Lipinski definition) is 1. The SMILES string of the molecule is NOCc1ccccc1OC1CCCSC1. The van der Waals surface area contributed by atoms with Gasteiger partial charge < -0.3 is 4.74 Å². The minimum absolute atomic E-state index is 0.331. The molecule has 0 aromatic heterocycles. The smallest absolute Gasteiger partial charge is 0.125 e. The minimum atomic E-state index is 0.331. The summed E-state index contributed by atoms with van der Waals surface area (Å²) in [5, 5.41) is 0. The van der Waals surface area contributed by atoms with Gasteiger partial charge >= 0.3 is 0 Å². The summed E-state index contributed by atoms with van der Waals surface area (Å²) in [6, 6.07) is 7.91. The first-order valence-electron chi connectivity index (χ1n) is 5.54. The highest BCUT2D eigenvalue weighted by molar-refractivity contribution is 7.99. The molecule has 0 aliphatic carbocycles. The van der Waals surface area contributed by atoms with Crippen LogP contribution in [0.4, 0.5) is 0 Å². The van der Waals surface area contributed by atoms with Crippen LogP contribution >= 0.6 is 11.8 Å². The monoisotopic (exact) mass is 239 g/mol. The van der Waals surface area contributed by atoms with Crippen molar-refractivity contribution in [2.75, 3.05) is 11.5 Å². The van der Waals surface area contributed by atoms with Gasteiger partial charge in [0.05, 0.1) is 6.61 Å². The molecule has 1 heterocycles. The van der Waals surface area contributed by atoms with Gasteiger partial charge in [0.1, 0.15) is 11.9 Å². The topological polar surface area (TPSA) is 44.5 Å². The average molecular weight is 239 g/mol. The number of hydrogen-bond acceptors (Lipinski definition) is 4. The van der Waals surface area contributed by atoms with E-state index in [1.54, 1.807) is 0 Å². The van der Waals surface area contributed by atoms with Crippen molar-refractivity contribution in [2.24, 2.45) is 5.90 Å². The molecule has 0 spiro atoms. The van der Waals surface area contributed by atoms with Crippen molar-refractivity contribution in [3.8, 4) is 5.75 Å². The standard InChI is InChI=1S/C12H17NO2S/c13-14-8-10-4-1-2-6-12(10)15-11-5-3-7-16-9-11/h1-2,4,6,11H,3,5,7-9,13H2. The van der Waals surface area contributed by atoms with Crippen LogP contribution in [-0.4, -0.2) is 17.6 Å². The molecule has 1 aliphatic rings. The molecule has 2 N–H and O–H groups in total. The van der Waals surface area contributed by atoms with E-state index in [2.05, 4.69) is 4.84 Å². The first-order chi connectivity index (χ1) is 7.90. The minimum Gasteiger partial charge on any atom is -0.489 e. The average Bonchev–Trinajstić information content (AvgIpc) is 2.33. The summed E-state index contributed by atoms with van der Waals surface area (Å²) in [5.74, 6) is 8.34. The zero-order chi connectivity index (χ0) is 11.2. The normalized spacial score (nSPS) is 20.7. The highest BCUT2D eigenvalue weighted by Gasteiger charge is 2.16. The fourth-order valence-electron chi connectivity index (χ4n) is 1.81. The quantitative estimate of drug-likeness (QED) is 0.819. The predicted octanol–water partition coefficient (Wildman–Crippen LogP) is 2.35. The zero-order valence-electron chi connectivity index (χ0n) is 9.22. The largest absolute Gasteiger partial charge is 0.489 e. The van der Waals surface area contributed by atoms with Gasteiger partial charge in [-0.1, -0.05) is 18.2 Å². The zero-order valence-corrected chi connectivity index (χ0v) is 10.0. The Bertz CT molecular complexity index is 327. The van der Waals surface area contributed by atoms with Gasteiger partial charge in [-0.2, -0.15) is 11.8 Å². The first kappa shape index (κ1) is 11.8. The lowest BCUT2D eigenvalue weighted by atomic mass is 10.2. The third-order valence-electron chi connectivity index (χ3n) is 2.62. The Balaban J connectivity index is 2.01. The molecule has 0 amide bonds. The summed E-state index contributed by atoms with van der Waals surface area (Å²) < 4.78 is 5.98. The van der Waals surface area contributed by atoms with Crippen LogP contribution in [0.3, 0.4) is 0 Å². The molecule has 1 atom stereocenters. The van der Waals surface area contributed by atoms with Crippen LogP contribution < -0.4 is 10.6 Å². The third-order valence-corrected chi connectivity index (χ3v) is 3.81. The molecule has 1 aliphatic heterocycles. The van der Waals surface area contributed by atoms with Gasteiger partial charge in [-0.15, -0.1) is 0 Å². The molecule has 4 heteroatoms. The van der Waals surface area contributed by atoms with E-state index in [-0.39, 0.29) is 0 Å². The summed E-state index contributed by atoms with van der Waals surface area (Å²) in [5.41, 5.74) is 1.01. The molecule has 0 radical (unpaired) electrons. The van der Waals surface area contributed by atoms with Gasteiger partial charge in [0, 0.05) is 11.3 Å². The van der Waals surface area contributed by atoms with Gasteiger partial charge in [0.15, 0.2) is 0 Å². The Kier molecular flexibility index (Phi) is 4.51. The van der Waals surface area contributed by atoms with Gasteiger partial charge in [0.2, 0.25) is 0 Å². The molecule has 1 aromatic rings. The highest BCUT2D eigenvalue weighted by atomic mass is 32.2. The highest BCUT2D eigenvalue weighted by Crippen LogP contribution is 2.25. The van der Waals surface area contributed by atoms with Gasteiger partial charge in [-0.25, -0.2) is 5.90 Å². The third kappa shape index (κ3) is 3.14. The maximum Gasteiger partial charge on any atom is 0.125 e. The van der Waals surface area contributed by atoms with Crippen molar-refractivity contribution in [2.45, 2.75) is 25.6 Å². The van der Waals surface area contributed by atoms with Crippen LogP contribution in [0.5, 0.6) is 5.75 Å². The number of rotatable bonds is 4. The van der Waals surface area contributed by atoms with E-state index < -0.39 is 0 Å². The molecule has 1 unspecified atom stereocenters. The summed E-state index contributed by atoms with van der Waals surface area (Å²) in [6.07, 6.45) is 2.72. The van der Waals surface area contributed by atoms with Crippen molar-refractivity contribution in [1.82, 2.24) is 0 Å². The van der Waals surface area contributed by atoms with E-state index in [0.717, 1.165) is 23.5 Å². The Morgan fingerprint density at radius 3 is 3.00 bits per heavy atom. The maximum absolute atomic E-state index is 5.98. The number of para-hydroxylation sites is 1. The molecule has 0 bridgehead atoms. The molecule has 1 aromatic carbocycles. The van der Waals surface area contributed by atoms with Crippen molar-refractivity contribution in [3.63, 3.8) is 0 Å². The molecule has 0 saturated carbocycles. The number of benzene rings is 1. The Labute approximate surface area is 100 Å². The molecule has 1 saturated heterocycles. The van der Waals surface area contributed by atoms with Gasteiger partial charge in [0.25, 0.3) is 0 Å². The molecule has 2 rings (SSSR count). The van der Waals surface area contributed by atoms with E-state index in [4.69, 9.17) is 10.6 Å². The fourth-order valence-corrected chi connectivity index (χ4v) is 2.85. The molecule has 3 nitrogen and oxygen atoms in total. The second-order valence-corrected chi connectivity index (χ2v) is 5.03. The van der Waals surface area contributed by atoms with E-state index in [1.165, 1.54) is 12.2 Å². The van der Waals surface area contributed by atoms with E-state index in [9.17, 15) is 0 Å². The molecular weight excluding hydrogens is 222 g/mol. The summed E-state index contributed by atoms with van der Waals surface area (Å²) in [6.45, 7) is 0.399. The summed E-state index contributed by atoms with van der Waals surface area (Å²) >= 11 is 1.96. The predicted molar refractivity (Wildman–Crippen MR) is 66.4 cm³/mol. The lowest BCUT2D eigenvalue weighted by Gasteiger charge is -2.23. The van der Waals surface area contributed by atoms with E-state index in [1.807, 2.05) is 36.0 Å². The first-order valence-corrected chi connectivity index (χ1v) is 6.69. The van der Waals surface area contributed by atoms with Gasteiger partial charge in [-0.3, -0.25) is 4.84 Å². The van der Waals surface area contributed by atoms with Crippen molar-refractivity contribution < 1.29 is 9.57 Å². The van der Waals surface area contributed by atoms with Crippen molar-refractivity contribution in [3.05, 3.63) is 29.8 Å². The van der Waals surface area contributed by atoms with E-state index >= 15 is 0 Å². The second-order valence-electron chi connectivity index (χ2n) is 3.88. The molecule has 88 valence electrons. The Hall–Kier alpha value is -0.710. The molecule has 16 heavy (non-hydrogen) atoms. The van der Waals surface area contributed by atoms with Crippen LogP contribution in [0.15, 0.2) is 24.3 Å². The van der Waals surface area contributed by atoms with Crippen LogP contribution in [0.1, 0.15) is 18.4 Å². The Morgan fingerprint density at radius 1 is 1.38 bits per heavy atom. The van der Waals surface area contributed by atoms with Crippen LogP contribution in [0.2, 0.25) is 0 Å². The van der Waals surface area contributed by atoms with Crippen molar-refractivity contribution >= 4 is 11.8 Å². The summed E-state index contributed by atoms with van der Waals surface area (Å²) in [4.78, 5) is 4.67. The number of ether oxygens (including phenoxy) is 1. The molecule has 1 fully saturated rings. The summed E-state index contributed by atoms with van der Waals surface area (Å²) in [7, 11) is 0. The maximum atomic E-state index is 5.98. The lowest BCUT2D eigenvalue weighted by molar-refractivity contribution is 0.118. The van der Waals surface area contributed by atoms with E-state index in [0.29, 0.717) is 12.7 Å². The van der Waals surface area contributed by atoms with Crippen molar-refractivity contribution in [1.29, 1.82) is 0 Å². The molecular formula is C12H17NO2S.